The summed E-state index contributed by atoms with van der Waals surface area (Å²) < 4.78 is 0. The van der Waals surface area contributed by atoms with Crippen LogP contribution in [0.25, 0.3) is 0 Å². The van der Waals surface area contributed by atoms with Gasteiger partial charge in [-0.25, -0.2) is 0 Å². The highest BCUT2D eigenvalue weighted by Gasteiger charge is 2.16. The number of benzene rings is 1. The van der Waals surface area contributed by atoms with Crippen LogP contribution in [0.15, 0.2) is 18.2 Å². The summed E-state index contributed by atoms with van der Waals surface area (Å²) >= 11 is 0. The van der Waals surface area contributed by atoms with Gasteiger partial charge in [-0.3, -0.25) is 19.7 Å². The highest BCUT2D eigenvalue weighted by molar-refractivity contribution is 6.00. The fourth-order valence-corrected chi connectivity index (χ4v) is 1.74. The van der Waals surface area contributed by atoms with Crippen LogP contribution >= 0.6 is 0 Å². The van der Waals surface area contributed by atoms with Crippen molar-refractivity contribution in [1.29, 1.82) is 0 Å². The Balaban J connectivity index is 2.81. The Hall–Kier alpha value is -2.64. The van der Waals surface area contributed by atoms with Gasteiger partial charge in [-0.05, 0) is 19.4 Å². The minimum atomic E-state index is -0.556. The quantitative estimate of drug-likeness (QED) is 0.375. The highest BCUT2D eigenvalue weighted by Crippen LogP contribution is 2.22. The Morgan fingerprint density at radius 1 is 1.38 bits per heavy atom. The van der Waals surface area contributed by atoms with Gasteiger partial charge in [0, 0.05) is 37.3 Å². The molecule has 0 aromatic heterocycles. The molecule has 0 saturated carbocycles. The Labute approximate surface area is 121 Å². The van der Waals surface area contributed by atoms with E-state index in [2.05, 4.69) is 10.6 Å². The number of nitro benzene ring substituents is 1. The van der Waals surface area contributed by atoms with Gasteiger partial charge in [0.25, 0.3) is 11.6 Å². The summed E-state index contributed by atoms with van der Waals surface area (Å²) in [6.07, 6.45) is 0.599. The topological polar surface area (TPSA) is 127 Å². The van der Waals surface area contributed by atoms with Crippen molar-refractivity contribution in [2.45, 2.75) is 19.8 Å². The van der Waals surface area contributed by atoms with Crippen LogP contribution in [0.4, 0.5) is 11.4 Å². The molecule has 0 aliphatic carbocycles. The maximum atomic E-state index is 12.1. The van der Waals surface area contributed by atoms with Crippen LogP contribution in [0, 0.1) is 10.1 Å². The van der Waals surface area contributed by atoms with Crippen molar-refractivity contribution >= 4 is 23.2 Å². The summed E-state index contributed by atoms with van der Waals surface area (Å²) in [4.78, 5) is 32.9. The van der Waals surface area contributed by atoms with E-state index in [-0.39, 0.29) is 24.2 Å². The van der Waals surface area contributed by atoms with E-state index < -0.39 is 16.7 Å². The highest BCUT2D eigenvalue weighted by atomic mass is 16.6. The zero-order valence-corrected chi connectivity index (χ0v) is 11.7. The number of amides is 2. The second-order valence-corrected chi connectivity index (χ2v) is 4.34. The molecule has 4 N–H and O–H groups in total. The van der Waals surface area contributed by atoms with Crippen LogP contribution in [0.1, 0.15) is 30.1 Å². The van der Waals surface area contributed by atoms with E-state index in [4.69, 9.17) is 5.73 Å². The summed E-state index contributed by atoms with van der Waals surface area (Å²) in [5, 5.41) is 16.4. The number of nitrogens with one attached hydrogen (secondary N) is 2. The molecule has 8 heteroatoms. The van der Waals surface area contributed by atoms with Crippen LogP contribution < -0.4 is 16.4 Å². The van der Waals surface area contributed by atoms with E-state index in [1.54, 1.807) is 0 Å². The lowest BCUT2D eigenvalue weighted by molar-refractivity contribution is -0.384. The van der Waals surface area contributed by atoms with Crippen LogP contribution in [0.3, 0.4) is 0 Å². The van der Waals surface area contributed by atoms with Crippen LogP contribution in [0.2, 0.25) is 0 Å². The average molecular weight is 294 g/mol. The second kappa shape index (κ2) is 7.83. The number of carbonyl (C=O) groups is 2. The lowest BCUT2D eigenvalue weighted by Crippen LogP contribution is -2.26. The summed E-state index contributed by atoms with van der Waals surface area (Å²) in [5.41, 5.74) is 5.57. The zero-order valence-electron chi connectivity index (χ0n) is 11.7. The smallest absolute Gasteiger partial charge is 0.270 e. The normalized spacial score (nSPS) is 9.95. The van der Waals surface area contributed by atoms with Gasteiger partial charge in [-0.2, -0.15) is 0 Å². The van der Waals surface area contributed by atoms with Gasteiger partial charge in [0.15, 0.2) is 0 Å². The van der Waals surface area contributed by atoms with Gasteiger partial charge in [-0.15, -0.1) is 0 Å². The number of anilines is 1. The molecule has 0 atom stereocenters. The molecule has 8 nitrogen and oxygen atoms in total. The summed E-state index contributed by atoms with van der Waals surface area (Å²) in [6, 6.07) is 4.06. The van der Waals surface area contributed by atoms with E-state index in [0.29, 0.717) is 18.7 Å². The first-order valence-electron chi connectivity index (χ1n) is 6.54. The molecule has 0 aliphatic heterocycles. The number of carbonyl (C=O) groups excluding carboxylic acids is 2. The number of nitrogens with zero attached hydrogens (tertiary/aromatic N) is 1. The van der Waals surface area contributed by atoms with Crippen molar-refractivity contribution in [3.8, 4) is 0 Å². The molecule has 21 heavy (non-hydrogen) atoms. The molecular weight excluding hydrogens is 276 g/mol. The van der Waals surface area contributed by atoms with Crippen LogP contribution in [-0.2, 0) is 4.79 Å². The standard InChI is InChI=1S/C13H18N4O4/c1-2-15-11-6-5-9(17(20)21)8-10(11)13(19)16-7-3-4-12(14)18/h5-6,8,15H,2-4,7H2,1H3,(H2,14,18)(H,16,19). The molecule has 2 amide bonds. The van der Waals surface area contributed by atoms with Crippen molar-refractivity contribution in [1.82, 2.24) is 5.32 Å². The number of hydrogen-bond acceptors (Lipinski definition) is 5. The van der Waals surface area contributed by atoms with E-state index in [1.807, 2.05) is 6.92 Å². The fourth-order valence-electron chi connectivity index (χ4n) is 1.74. The van der Waals surface area contributed by atoms with Crippen LogP contribution in [-0.4, -0.2) is 29.8 Å². The third kappa shape index (κ3) is 5.09. The van der Waals surface area contributed by atoms with Crippen molar-refractivity contribution in [3.05, 3.63) is 33.9 Å². The van der Waals surface area contributed by atoms with E-state index >= 15 is 0 Å². The number of rotatable bonds is 8. The third-order valence-corrected chi connectivity index (χ3v) is 2.71. The van der Waals surface area contributed by atoms with Crippen molar-refractivity contribution in [3.63, 3.8) is 0 Å². The fraction of sp³-hybridized carbons (Fsp3) is 0.385. The first kappa shape index (κ1) is 16.4. The number of non-ortho nitro benzene ring substituents is 1. The lowest BCUT2D eigenvalue weighted by atomic mass is 10.1. The lowest BCUT2D eigenvalue weighted by Gasteiger charge is -2.11. The first-order valence-corrected chi connectivity index (χ1v) is 6.54. The average Bonchev–Trinajstić information content (AvgIpc) is 2.43. The van der Waals surface area contributed by atoms with Crippen LogP contribution in [0.5, 0.6) is 0 Å². The number of primary amides is 1. The Bertz CT molecular complexity index is 545. The van der Waals surface area contributed by atoms with Gasteiger partial charge in [0.05, 0.1) is 10.5 Å². The van der Waals surface area contributed by atoms with Gasteiger partial charge in [0.2, 0.25) is 5.91 Å². The summed E-state index contributed by atoms with van der Waals surface area (Å²) in [7, 11) is 0. The molecule has 0 heterocycles. The molecule has 0 fully saturated rings. The molecule has 1 aromatic carbocycles. The monoisotopic (exact) mass is 294 g/mol. The van der Waals surface area contributed by atoms with Gasteiger partial charge < -0.3 is 16.4 Å². The summed E-state index contributed by atoms with van der Waals surface area (Å²) in [5.74, 6) is -0.868. The largest absolute Gasteiger partial charge is 0.385 e. The molecule has 0 radical (unpaired) electrons. The number of nitrogens with two attached hydrogens (primary N) is 1. The second-order valence-electron chi connectivity index (χ2n) is 4.34. The van der Waals surface area contributed by atoms with E-state index in [9.17, 15) is 19.7 Å². The third-order valence-electron chi connectivity index (χ3n) is 2.71. The number of nitro groups is 1. The molecule has 1 rings (SSSR count). The molecule has 0 aliphatic rings. The van der Waals surface area contributed by atoms with Gasteiger partial charge in [-0.1, -0.05) is 0 Å². The minimum absolute atomic E-state index is 0.154. The molecule has 0 spiro atoms. The predicted molar refractivity (Wildman–Crippen MR) is 78.0 cm³/mol. The first-order chi connectivity index (χ1) is 9.95. The Morgan fingerprint density at radius 3 is 2.67 bits per heavy atom. The molecule has 0 unspecified atom stereocenters. The predicted octanol–water partition coefficient (Wildman–Crippen LogP) is 1.02. The van der Waals surface area contributed by atoms with Crippen molar-refractivity contribution in [2.24, 2.45) is 5.73 Å². The Kier molecular flexibility index (Phi) is 6.12. The SMILES string of the molecule is CCNc1ccc([N+](=O)[O-])cc1C(=O)NCCCC(N)=O. The summed E-state index contributed by atoms with van der Waals surface area (Å²) in [6.45, 7) is 2.71. The molecule has 1 aromatic rings. The Morgan fingerprint density at radius 2 is 2.10 bits per heavy atom. The van der Waals surface area contributed by atoms with Gasteiger partial charge in [0.1, 0.15) is 0 Å². The zero-order chi connectivity index (χ0) is 15.8. The van der Waals surface area contributed by atoms with Crippen molar-refractivity contribution < 1.29 is 14.5 Å². The molecule has 114 valence electrons. The maximum absolute atomic E-state index is 12.1. The van der Waals surface area contributed by atoms with Crippen molar-refractivity contribution in [2.75, 3.05) is 18.4 Å². The van der Waals surface area contributed by atoms with Gasteiger partial charge >= 0.3 is 0 Å². The molecular formula is C13H18N4O4. The maximum Gasteiger partial charge on any atom is 0.270 e. The molecule has 0 bridgehead atoms. The molecule has 0 saturated heterocycles. The van der Waals surface area contributed by atoms with E-state index in [1.165, 1.54) is 18.2 Å². The number of hydrogen-bond donors (Lipinski definition) is 3. The minimum Gasteiger partial charge on any atom is -0.385 e. The van der Waals surface area contributed by atoms with E-state index in [0.717, 1.165) is 0 Å².